The average molecular weight is 349 g/mol. The molecule has 0 fully saturated rings. The predicted octanol–water partition coefficient (Wildman–Crippen LogP) is 3.58. The molecule has 2 aromatic rings. The van der Waals surface area contributed by atoms with Gasteiger partial charge in [-0.25, -0.2) is 4.79 Å². The second-order valence-electron chi connectivity index (χ2n) is 4.53. The molecule has 21 heavy (non-hydrogen) atoms. The normalized spacial score (nSPS) is 12.8. The summed E-state index contributed by atoms with van der Waals surface area (Å²) < 4.78 is 17.1. The molecular weight excluding hydrogens is 336 g/mol. The van der Waals surface area contributed by atoms with Gasteiger partial charge in [0.05, 0.1) is 5.56 Å². The van der Waals surface area contributed by atoms with Crippen LogP contribution in [0.4, 0.5) is 0 Å². The number of carbonyl (C=O) groups excluding carboxylic acids is 1. The van der Waals surface area contributed by atoms with E-state index in [0.717, 1.165) is 10.0 Å². The Kier molecular flexibility index (Phi) is 4.10. The molecule has 2 aromatic carbocycles. The summed E-state index contributed by atoms with van der Waals surface area (Å²) in [6, 6.07) is 12.7. The minimum absolute atomic E-state index is 0.217. The molecule has 0 unspecified atom stereocenters. The first-order valence-corrected chi connectivity index (χ1v) is 7.33. The number of rotatable bonds is 3. The lowest BCUT2D eigenvalue weighted by molar-refractivity contribution is 0.0471. The van der Waals surface area contributed by atoms with E-state index in [0.29, 0.717) is 30.3 Å². The van der Waals surface area contributed by atoms with Gasteiger partial charge in [-0.15, -0.1) is 0 Å². The third-order valence-corrected chi connectivity index (χ3v) is 3.87. The number of ether oxygens (including phenoxy) is 3. The Hall–Kier alpha value is -2.01. The van der Waals surface area contributed by atoms with Crippen molar-refractivity contribution in [3.8, 4) is 11.5 Å². The van der Waals surface area contributed by atoms with Crippen molar-refractivity contribution in [1.82, 2.24) is 0 Å². The van der Waals surface area contributed by atoms with E-state index in [2.05, 4.69) is 15.9 Å². The van der Waals surface area contributed by atoms with Gasteiger partial charge in [0.2, 0.25) is 0 Å². The van der Waals surface area contributed by atoms with Crippen LogP contribution in [0.25, 0.3) is 0 Å². The Morgan fingerprint density at radius 3 is 2.67 bits per heavy atom. The van der Waals surface area contributed by atoms with Crippen molar-refractivity contribution in [1.29, 1.82) is 0 Å². The number of esters is 1. The maximum Gasteiger partial charge on any atom is 0.338 e. The van der Waals surface area contributed by atoms with Gasteiger partial charge in [0.15, 0.2) is 11.5 Å². The summed E-state index contributed by atoms with van der Waals surface area (Å²) >= 11 is 3.42. The molecule has 108 valence electrons. The zero-order chi connectivity index (χ0) is 14.7. The van der Waals surface area contributed by atoms with Crippen LogP contribution in [-0.4, -0.2) is 19.2 Å². The van der Waals surface area contributed by atoms with Crippen LogP contribution < -0.4 is 9.47 Å². The molecule has 0 aromatic heterocycles. The second-order valence-corrected chi connectivity index (χ2v) is 5.38. The fourth-order valence-corrected chi connectivity index (χ4v) is 2.41. The highest BCUT2D eigenvalue weighted by Gasteiger charge is 2.16. The van der Waals surface area contributed by atoms with Gasteiger partial charge in [-0.2, -0.15) is 0 Å². The zero-order valence-corrected chi connectivity index (χ0v) is 12.8. The molecule has 0 bridgehead atoms. The van der Waals surface area contributed by atoms with Crippen molar-refractivity contribution < 1.29 is 19.0 Å². The van der Waals surface area contributed by atoms with E-state index in [1.54, 1.807) is 18.2 Å². The fraction of sp³-hybridized carbons (Fsp3) is 0.188. The summed E-state index contributed by atoms with van der Waals surface area (Å²) in [5, 5.41) is 0. The highest BCUT2D eigenvalue weighted by Crippen LogP contribution is 2.31. The third-order valence-electron chi connectivity index (χ3n) is 3.09. The molecule has 1 aliphatic heterocycles. The molecule has 1 aliphatic rings. The number of hydrogen-bond donors (Lipinski definition) is 0. The van der Waals surface area contributed by atoms with E-state index in [1.807, 2.05) is 24.3 Å². The first-order valence-electron chi connectivity index (χ1n) is 6.54. The average Bonchev–Trinajstić information content (AvgIpc) is 2.53. The Morgan fingerprint density at radius 2 is 1.86 bits per heavy atom. The van der Waals surface area contributed by atoms with Crippen molar-refractivity contribution in [2.75, 3.05) is 13.2 Å². The SMILES string of the molecule is O=C(OCc1ccccc1Br)c1ccc2c(c1)OCCO2. The molecule has 1 heterocycles. The van der Waals surface area contributed by atoms with Gasteiger partial charge >= 0.3 is 5.97 Å². The van der Waals surface area contributed by atoms with Crippen LogP contribution in [0, 0.1) is 0 Å². The number of carbonyl (C=O) groups is 1. The maximum absolute atomic E-state index is 12.1. The van der Waals surface area contributed by atoms with Gasteiger partial charge in [-0.05, 0) is 24.3 Å². The standard InChI is InChI=1S/C16H13BrO4/c17-13-4-2-1-3-12(13)10-21-16(18)11-5-6-14-15(9-11)20-8-7-19-14/h1-6,9H,7-8,10H2. The van der Waals surface area contributed by atoms with Crippen LogP contribution in [0.3, 0.4) is 0 Å². The summed E-state index contributed by atoms with van der Waals surface area (Å²) in [7, 11) is 0. The minimum atomic E-state index is -0.386. The van der Waals surface area contributed by atoms with Crippen molar-refractivity contribution in [2.45, 2.75) is 6.61 Å². The minimum Gasteiger partial charge on any atom is -0.486 e. The number of halogens is 1. The maximum atomic E-state index is 12.1. The van der Waals surface area contributed by atoms with Crippen molar-refractivity contribution in [3.05, 3.63) is 58.1 Å². The summed E-state index contributed by atoms with van der Waals surface area (Å²) in [4.78, 5) is 12.1. The van der Waals surface area contributed by atoms with Gasteiger partial charge in [0.25, 0.3) is 0 Å². The van der Waals surface area contributed by atoms with E-state index in [1.165, 1.54) is 0 Å². The van der Waals surface area contributed by atoms with Crippen LogP contribution in [0.5, 0.6) is 11.5 Å². The van der Waals surface area contributed by atoms with Crippen LogP contribution in [0.2, 0.25) is 0 Å². The lowest BCUT2D eigenvalue weighted by Gasteiger charge is -2.18. The monoisotopic (exact) mass is 348 g/mol. The predicted molar refractivity (Wildman–Crippen MR) is 80.7 cm³/mol. The summed E-state index contributed by atoms with van der Waals surface area (Å²) in [6.07, 6.45) is 0. The van der Waals surface area contributed by atoms with Gasteiger partial charge in [-0.3, -0.25) is 0 Å². The molecule has 3 rings (SSSR count). The van der Waals surface area contributed by atoms with Crippen LogP contribution in [-0.2, 0) is 11.3 Å². The van der Waals surface area contributed by atoms with Crippen LogP contribution >= 0.6 is 15.9 Å². The molecule has 0 aliphatic carbocycles. The molecule has 0 saturated carbocycles. The van der Waals surface area contributed by atoms with Gasteiger partial charge in [0.1, 0.15) is 19.8 Å². The first kappa shape index (κ1) is 13.9. The summed E-state index contributed by atoms with van der Waals surface area (Å²) in [5.41, 5.74) is 1.37. The molecule has 5 heteroatoms. The molecule has 0 atom stereocenters. The quantitative estimate of drug-likeness (QED) is 0.795. The smallest absolute Gasteiger partial charge is 0.338 e. The highest BCUT2D eigenvalue weighted by atomic mass is 79.9. The lowest BCUT2D eigenvalue weighted by Crippen LogP contribution is -2.16. The first-order chi connectivity index (χ1) is 10.2. The molecule has 0 spiro atoms. The Bertz CT molecular complexity index is 669. The van der Waals surface area contributed by atoms with E-state index in [4.69, 9.17) is 14.2 Å². The highest BCUT2D eigenvalue weighted by molar-refractivity contribution is 9.10. The van der Waals surface area contributed by atoms with E-state index < -0.39 is 0 Å². The Labute approximate surface area is 130 Å². The van der Waals surface area contributed by atoms with E-state index >= 15 is 0 Å². The zero-order valence-electron chi connectivity index (χ0n) is 11.2. The third kappa shape index (κ3) is 3.19. The van der Waals surface area contributed by atoms with Gasteiger partial charge in [0, 0.05) is 10.0 Å². The van der Waals surface area contributed by atoms with Crippen LogP contribution in [0.15, 0.2) is 46.9 Å². The molecular formula is C16H13BrO4. The Morgan fingerprint density at radius 1 is 1.10 bits per heavy atom. The number of hydrogen-bond acceptors (Lipinski definition) is 4. The molecule has 0 radical (unpaired) electrons. The van der Waals surface area contributed by atoms with Gasteiger partial charge in [-0.1, -0.05) is 34.1 Å². The van der Waals surface area contributed by atoms with Crippen LogP contribution in [0.1, 0.15) is 15.9 Å². The summed E-state index contributed by atoms with van der Waals surface area (Å²) in [6.45, 7) is 1.23. The van der Waals surface area contributed by atoms with Crippen molar-refractivity contribution in [3.63, 3.8) is 0 Å². The van der Waals surface area contributed by atoms with Crippen molar-refractivity contribution in [2.24, 2.45) is 0 Å². The number of benzene rings is 2. The van der Waals surface area contributed by atoms with E-state index in [9.17, 15) is 4.79 Å². The second kappa shape index (κ2) is 6.18. The summed E-state index contributed by atoms with van der Waals surface area (Å²) in [5.74, 6) is 0.850. The number of fused-ring (bicyclic) bond motifs is 1. The Balaban J connectivity index is 1.69. The fourth-order valence-electron chi connectivity index (χ4n) is 2.01. The molecule has 0 saturated heterocycles. The topological polar surface area (TPSA) is 44.8 Å². The van der Waals surface area contributed by atoms with Gasteiger partial charge < -0.3 is 14.2 Å². The largest absolute Gasteiger partial charge is 0.486 e. The molecule has 0 N–H and O–H groups in total. The van der Waals surface area contributed by atoms with Crippen molar-refractivity contribution >= 4 is 21.9 Å². The lowest BCUT2D eigenvalue weighted by atomic mass is 10.2. The molecule has 0 amide bonds. The van der Waals surface area contributed by atoms with E-state index in [-0.39, 0.29) is 12.6 Å². The molecule has 4 nitrogen and oxygen atoms in total.